The fourth-order valence-electron chi connectivity index (χ4n) is 3.31. The molecule has 0 saturated carbocycles. The number of halogens is 2. The first-order chi connectivity index (χ1) is 13.2. The highest BCUT2D eigenvalue weighted by Crippen LogP contribution is 2.18. The summed E-state index contributed by atoms with van der Waals surface area (Å²) in [5.74, 6) is -1.65. The van der Waals surface area contributed by atoms with Crippen LogP contribution < -0.4 is 0 Å². The van der Waals surface area contributed by atoms with Crippen molar-refractivity contribution >= 4 is 0 Å². The van der Waals surface area contributed by atoms with Gasteiger partial charge in [-0.2, -0.15) is 5.10 Å². The second-order valence-corrected chi connectivity index (χ2v) is 6.71. The summed E-state index contributed by atoms with van der Waals surface area (Å²) in [5.41, 5.74) is 2.87. The Morgan fingerprint density at radius 1 is 0.963 bits per heavy atom. The maximum atomic E-state index is 13.6. The first-order valence-corrected chi connectivity index (χ1v) is 8.85. The molecule has 1 aliphatic heterocycles. The SMILES string of the molecule is Fc1ccc(CN2Cc3ccnn3C[C@@H](OCc3ccncc3)C2)cc1F. The maximum absolute atomic E-state index is 13.6. The average molecular weight is 370 g/mol. The summed E-state index contributed by atoms with van der Waals surface area (Å²) in [4.78, 5) is 6.19. The van der Waals surface area contributed by atoms with E-state index in [2.05, 4.69) is 15.0 Å². The predicted molar refractivity (Wildman–Crippen MR) is 95.5 cm³/mol. The Bertz CT molecular complexity index is 900. The number of nitrogens with zero attached hydrogens (tertiary/aromatic N) is 4. The van der Waals surface area contributed by atoms with E-state index in [0.29, 0.717) is 32.8 Å². The van der Waals surface area contributed by atoms with Crippen molar-refractivity contribution in [2.45, 2.75) is 32.3 Å². The van der Waals surface area contributed by atoms with E-state index in [1.165, 1.54) is 12.1 Å². The minimum Gasteiger partial charge on any atom is -0.370 e. The van der Waals surface area contributed by atoms with Crippen molar-refractivity contribution in [1.29, 1.82) is 0 Å². The van der Waals surface area contributed by atoms with Crippen LogP contribution in [-0.2, 0) is 31.0 Å². The Balaban J connectivity index is 1.48. The van der Waals surface area contributed by atoms with E-state index in [0.717, 1.165) is 16.8 Å². The number of benzene rings is 1. The number of rotatable bonds is 5. The molecule has 0 fully saturated rings. The summed E-state index contributed by atoms with van der Waals surface area (Å²) >= 11 is 0. The van der Waals surface area contributed by atoms with Gasteiger partial charge in [0.1, 0.15) is 0 Å². The van der Waals surface area contributed by atoms with Gasteiger partial charge in [-0.3, -0.25) is 14.6 Å². The van der Waals surface area contributed by atoms with Gasteiger partial charge in [0.05, 0.1) is 24.9 Å². The third-order valence-electron chi connectivity index (χ3n) is 4.65. The molecular formula is C20H20F2N4O. The van der Waals surface area contributed by atoms with Crippen LogP contribution in [0, 0.1) is 11.6 Å². The second kappa shape index (κ2) is 7.94. The topological polar surface area (TPSA) is 43.2 Å². The Kier molecular flexibility index (Phi) is 5.22. The molecule has 3 aromatic rings. The molecule has 0 N–H and O–H groups in total. The molecule has 4 rings (SSSR count). The molecule has 0 bridgehead atoms. The molecule has 3 heterocycles. The van der Waals surface area contributed by atoms with Gasteiger partial charge in [0.2, 0.25) is 0 Å². The Morgan fingerprint density at radius 2 is 1.81 bits per heavy atom. The zero-order valence-corrected chi connectivity index (χ0v) is 14.8. The second-order valence-electron chi connectivity index (χ2n) is 6.71. The Morgan fingerprint density at radius 3 is 2.63 bits per heavy atom. The van der Waals surface area contributed by atoms with Crippen LogP contribution in [0.25, 0.3) is 0 Å². The minimum absolute atomic E-state index is 0.0652. The van der Waals surface area contributed by atoms with E-state index in [4.69, 9.17) is 4.74 Å². The highest BCUT2D eigenvalue weighted by Gasteiger charge is 2.23. The molecule has 140 valence electrons. The van der Waals surface area contributed by atoms with Crippen LogP contribution in [-0.4, -0.2) is 32.3 Å². The molecule has 1 aliphatic rings. The third-order valence-corrected chi connectivity index (χ3v) is 4.65. The summed E-state index contributed by atoms with van der Waals surface area (Å²) < 4.78 is 34.8. The summed E-state index contributed by atoms with van der Waals surface area (Å²) in [5, 5.41) is 4.38. The number of hydrogen-bond acceptors (Lipinski definition) is 4. The van der Waals surface area contributed by atoms with E-state index in [9.17, 15) is 8.78 Å². The van der Waals surface area contributed by atoms with E-state index in [1.54, 1.807) is 24.7 Å². The van der Waals surface area contributed by atoms with Crippen LogP contribution in [0.15, 0.2) is 55.0 Å². The zero-order valence-electron chi connectivity index (χ0n) is 14.8. The minimum atomic E-state index is -0.828. The first kappa shape index (κ1) is 17.8. The number of ether oxygens (including phenoxy) is 1. The molecule has 2 aromatic heterocycles. The lowest BCUT2D eigenvalue weighted by atomic mass is 10.2. The van der Waals surface area contributed by atoms with Crippen LogP contribution in [0.3, 0.4) is 0 Å². The third kappa shape index (κ3) is 4.37. The molecule has 0 unspecified atom stereocenters. The van der Waals surface area contributed by atoms with E-state index < -0.39 is 11.6 Å². The van der Waals surface area contributed by atoms with Crippen LogP contribution >= 0.6 is 0 Å². The Hall–Kier alpha value is -2.64. The summed E-state index contributed by atoms with van der Waals surface area (Å²) in [7, 11) is 0. The van der Waals surface area contributed by atoms with Crippen LogP contribution in [0.4, 0.5) is 8.78 Å². The fourth-order valence-corrected chi connectivity index (χ4v) is 3.31. The molecule has 7 heteroatoms. The summed E-state index contributed by atoms with van der Waals surface area (Å²) in [6.45, 7) is 3.00. The van der Waals surface area contributed by atoms with Gasteiger partial charge < -0.3 is 4.74 Å². The van der Waals surface area contributed by atoms with Gasteiger partial charge in [0.25, 0.3) is 0 Å². The van der Waals surface area contributed by atoms with Gasteiger partial charge in [-0.25, -0.2) is 8.78 Å². The van der Waals surface area contributed by atoms with Gasteiger partial charge in [0, 0.05) is 38.2 Å². The van der Waals surface area contributed by atoms with Crippen molar-refractivity contribution in [2.75, 3.05) is 6.54 Å². The van der Waals surface area contributed by atoms with Gasteiger partial charge in [-0.05, 0) is 41.5 Å². The highest BCUT2D eigenvalue weighted by molar-refractivity contribution is 5.18. The van der Waals surface area contributed by atoms with E-state index >= 15 is 0 Å². The lowest BCUT2D eigenvalue weighted by Crippen LogP contribution is -2.32. The number of aromatic nitrogens is 3. The number of fused-ring (bicyclic) bond motifs is 1. The summed E-state index contributed by atoms with van der Waals surface area (Å²) in [6, 6.07) is 9.87. The highest BCUT2D eigenvalue weighted by atomic mass is 19.2. The average Bonchev–Trinajstić information content (AvgIpc) is 3.03. The van der Waals surface area contributed by atoms with E-state index in [-0.39, 0.29) is 6.10 Å². The molecule has 5 nitrogen and oxygen atoms in total. The molecule has 0 radical (unpaired) electrons. The van der Waals surface area contributed by atoms with Crippen LogP contribution in [0.2, 0.25) is 0 Å². The quantitative estimate of drug-likeness (QED) is 0.692. The smallest absolute Gasteiger partial charge is 0.159 e. The van der Waals surface area contributed by atoms with Crippen molar-refractivity contribution in [1.82, 2.24) is 19.7 Å². The van der Waals surface area contributed by atoms with Crippen molar-refractivity contribution in [3.05, 3.63) is 83.4 Å². The molecule has 1 aromatic carbocycles. The standard InChI is InChI=1S/C20H20F2N4O/c21-19-2-1-16(9-20(19)22)10-25-11-17-5-8-24-26(17)13-18(12-25)27-14-15-3-6-23-7-4-15/h1-9,18H,10-14H2/t18-/m0/s1. The van der Waals surface area contributed by atoms with Crippen LogP contribution in [0.1, 0.15) is 16.8 Å². The van der Waals surface area contributed by atoms with Crippen molar-refractivity contribution < 1.29 is 13.5 Å². The molecular weight excluding hydrogens is 350 g/mol. The maximum Gasteiger partial charge on any atom is 0.159 e. The molecule has 27 heavy (non-hydrogen) atoms. The van der Waals surface area contributed by atoms with Gasteiger partial charge in [-0.1, -0.05) is 6.07 Å². The van der Waals surface area contributed by atoms with Crippen molar-refractivity contribution in [3.8, 4) is 0 Å². The molecule has 0 saturated heterocycles. The Labute approximate surface area is 156 Å². The van der Waals surface area contributed by atoms with Crippen molar-refractivity contribution in [3.63, 3.8) is 0 Å². The zero-order chi connectivity index (χ0) is 18.6. The molecule has 0 spiro atoms. The normalized spacial score (nSPS) is 17.5. The fraction of sp³-hybridized carbons (Fsp3) is 0.300. The first-order valence-electron chi connectivity index (χ1n) is 8.85. The molecule has 1 atom stereocenters. The lowest BCUT2D eigenvalue weighted by molar-refractivity contribution is 0.00715. The van der Waals surface area contributed by atoms with Gasteiger partial charge >= 0.3 is 0 Å². The lowest BCUT2D eigenvalue weighted by Gasteiger charge is -2.24. The van der Waals surface area contributed by atoms with Crippen LogP contribution in [0.5, 0.6) is 0 Å². The number of pyridine rings is 1. The summed E-state index contributed by atoms with van der Waals surface area (Å²) in [6.07, 6.45) is 5.19. The predicted octanol–water partition coefficient (Wildman–Crippen LogP) is 3.16. The van der Waals surface area contributed by atoms with Gasteiger partial charge in [0.15, 0.2) is 11.6 Å². The van der Waals surface area contributed by atoms with Crippen molar-refractivity contribution in [2.24, 2.45) is 0 Å². The number of hydrogen-bond donors (Lipinski definition) is 0. The molecule has 0 aliphatic carbocycles. The monoisotopic (exact) mass is 370 g/mol. The molecule has 0 amide bonds. The largest absolute Gasteiger partial charge is 0.370 e. The van der Waals surface area contributed by atoms with Gasteiger partial charge in [-0.15, -0.1) is 0 Å². The van der Waals surface area contributed by atoms with E-state index in [1.807, 2.05) is 22.9 Å².